The van der Waals surface area contributed by atoms with Crippen molar-refractivity contribution in [2.24, 2.45) is 5.92 Å². The lowest BCUT2D eigenvalue weighted by Gasteiger charge is -2.42. The molecule has 1 aliphatic carbocycles. The van der Waals surface area contributed by atoms with Crippen LogP contribution in [0.3, 0.4) is 0 Å². The molecule has 8 heteroatoms. The second kappa shape index (κ2) is 7.89. The summed E-state index contributed by atoms with van der Waals surface area (Å²) >= 11 is 0. The van der Waals surface area contributed by atoms with Gasteiger partial charge in [0, 0.05) is 37.9 Å². The smallest absolute Gasteiger partial charge is 0.356 e. The Morgan fingerprint density at radius 2 is 1.86 bits per heavy atom. The molecule has 1 saturated carbocycles. The van der Waals surface area contributed by atoms with Crippen molar-refractivity contribution in [3.05, 3.63) is 23.9 Å². The van der Waals surface area contributed by atoms with Crippen molar-refractivity contribution in [1.29, 1.82) is 0 Å². The van der Waals surface area contributed by atoms with E-state index in [9.17, 15) is 18.0 Å². The third-order valence-electron chi connectivity index (χ3n) is 6.12. The minimum atomic E-state index is -4.39. The molecule has 0 radical (unpaired) electrons. The molecule has 4 rings (SSSR count). The molecular formula is C20H27F3N4O. The van der Waals surface area contributed by atoms with Gasteiger partial charge in [0.1, 0.15) is 5.82 Å². The molecule has 0 bridgehead atoms. The van der Waals surface area contributed by atoms with E-state index in [4.69, 9.17) is 0 Å². The highest BCUT2D eigenvalue weighted by Gasteiger charge is 2.38. The van der Waals surface area contributed by atoms with Crippen molar-refractivity contribution >= 4 is 11.7 Å². The number of hydrogen-bond donors (Lipinski definition) is 1. The van der Waals surface area contributed by atoms with Gasteiger partial charge in [0.25, 0.3) is 0 Å². The highest BCUT2D eigenvalue weighted by molar-refractivity contribution is 5.79. The van der Waals surface area contributed by atoms with E-state index in [-0.39, 0.29) is 17.6 Å². The van der Waals surface area contributed by atoms with Gasteiger partial charge in [-0.3, -0.25) is 9.69 Å². The topological polar surface area (TPSA) is 48.5 Å². The molecule has 2 saturated heterocycles. The quantitative estimate of drug-likeness (QED) is 0.850. The van der Waals surface area contributed by atoms with Crippen molar-refractivity contribution in [3.8, 4) is 0 Å². The Hall–Kier alpha value is -1.83. The zero-order valence-corrected chi connectivity index (χ0v) is 15.9. The first kappa shape index (κ1) is 19.5. The summed E-state index contributed by atoms with van der Waals surface area (Å²) in [4.78, 5) is 20.5. The molecule has 1 amide bonds. The van der Waals surface area contributed by atoms with Crippen molar-refractivity contribution in [2.45, 2.75) is 56.8 Å². The zero-order valence-electron chi connectivity index (χ0n) is 15.9. The summed E-state index contributed by atoms with van der Waals surface area (Å²) in [5.41, 5.74) is -0.664. The van der Waals surface area contributed by atoms with Gasteiger partial charge in [-0.1, -0.05) is 0 Å². The van der Waals surface area contributed by atoms with Gasteiger partial charge in [-0.15, -0.1) is 0 Å². The lowest BCUT2D eigenvalue weighted by Crippen LogP contribution is -2.51. The highest BCUT2D eigenvalue weighted by Crippen LogP contribution is 2.36. The summed E-state index contributed by atoms with van der Waals surface area (Å²) in [6.45, 7) is 2.84. The molecule has 0 aromatic carbocycles. The van der Waals surface area contributed by atoms with E-state index in [2.05, 4.69) is 15.2 Å². The molecule has 3 fully saturated rings. The minimum Gasteiger partial charge on any atom is -0.356 e. The first-order valence-corrected chi connectivity index (χ1v) is 10.2. The number of pyridine rings is 1. The van der Waals surface area contributed by atoms with Gasteiger partial charge in [-0.05, 0) is 57.2 Å². The molecule has 1 aromatic heterocycles. The van der Waals surface area contributed by atoms with Crippen LogP contribution in [0.5, 0.6) is 0 Å². The Labute approximate surface area is 163 Å². The molecule has 1 atom stereocenters. The van der Waals surface area contributed by atoms with Crippen molar-refractivity contribution in [3.63, 3.8) is 0 Å². The first-order chi connectivity index (χ1) is 13.4. The SMILES string of the molecule is O=C(NC1CC1)C1CCCN(C2CCN(c3ncccc3C(F)(F)F)CC2)C1. The minimum absolute atomic E-state index is 0.0359. The number of alkyl halides is 3. The lowest BCUT2D eigenvalue weighted by molar-refractivity contribution is -0.137. The van der Waals surface area contributed by atoms with Gasteiger partial charge in [0.2, 0.25) is 5.91 Å². The summed E-state index contributed by atoms with van der Waals surface area (Å²) in [7, 11) is 0. The molecule has 1 N–H and O–H groups in total. The Morgan fingerprint density at radius 3 is 2.54 bits per heavy atom. The maximum Gasteiger partial charge on any atom is 0.419 e. The van der Waals surface area contributed by atoms with E-state index in [0.717, 1.165) is 57.7 Å². The lowest BCUT2D eigenvalue weighted by atomic mass is 9.93. The van der Waals surface area contributed by atoms with Crippen LogP contribution in [0.25, 0.3) is 0 Å². The number of aromatic nitrogens is 1. The molecule has 3 heterocycles. The number of nitrogens with zero attached hydrogens (tertiary/aromatic N) is 3. The molecular weight excluding hydrogens is 369 g/mol. The number of amides is 1. The van der Waals surface area contributed by atoms with E-state index in [0.29, 0.717) is 25.2 Å². The van der Waals surface area contributed by atoms with E-state index in [1.165, 1.54) is 12.3 Å². The molecule has 1 unspecified atom stereocenters. The van der Waals surface area contributed by atoms with E-state index in [1.54, 1.807) is 4.90 Å². The number of likely N-dealkylation sites (tertiary alicyclic amines) is 1. The van der Waals surface area contributed by atoms with Crippen molar-refractivity contribution in [1.82, 2.24) is 15.2 Å². The zero-order chi connectivity index (χ0) is 19.7. The number of carbonyl (C=O) groups excluding carboxylic acids is 1. The number of hydrogen-bond acceptors (Lipinski definition) is 4. The number of rotatable bonds is 4. The predicted octanol–water partition coefficient (Wildman–Crippen LogP) is 3.06. The van der Waals surface area contributed by atoms with Crippen LogP contribution in [0.1, 0.15) is 44.1 Å². The van der Waals surface area contributed by atoms with Gasteiger partial charge in [0.15, 0.2) is 0 Å². The number of anilines is 1. The maximum absolute atomic E-state index is 13.3. The summed E-state index contributed by atoms with van der Waals surface area (Å²) in [5, 5.41) is 3.11. The third-order valence-corrected chi connectivity index (χ3v) is 6.12. The number of nitrogens with one attached hydrogen (secondary N) is 1. The van der Waals surface area contributed by atoms with Gasteiger partial charge >= 0.3 is 6.18 Å². The predicted molar refractivity (Wildman–Crippen MR) is 99.9 cm³/mol. The summed E-state index contributed by atoms with van der Waals surface area (Å²) in [6.07, 6.45) is 2.73. The van der Waals surface area contributed by atoms with E-state index in [1.807, 2.05) is 0 Å². The molecule has 28 heavy (non-hydrogen) atoms. The van der Waals surface area contributed by atoms with E-state index >= 15 is 0 Å². The average Bonchev–Trinajstić information content (AvgIpc) is 3.51. The Balaban J connectivity index is 1.35. The number of halogens is 3. The summed E-state index contributed by atoms with van der Waals surface area (Å²) in [5.74, 6) is 0.252. The number of carbonyl (C=O) groups is 1. The molecule has 1 aromatic rings. The van der Waals surface area contributed by atoms with Gasteiger partial charge in [-0.25, -0.2) is 4.98 Å². The molecule has 154 valence electrons. The van der Waals surface area contributed by atoms with Crippen LogP contribution in [0.15, 0.2) is 18.3 Å². The molecule has 0 spiro atoms. The summed E-state index contributed by atoms with van der Waals surface area (Å²) in [6, 6.07) is 3.14. The van der Waals surface area contributed by atoms with E-state index < -0.39 is 11.7 Å². The second-order valence-corrected chi connectivity index (χ2v) is 8.21. The normalized spacial score (nSPS) is 25.0. The van der Waals surface area contributed by atoms with Crippen LogP contribution in [0, 0.1) is 5.92 Å². The Morgan fingerprint density at radius 1 is 1.11 bits per heavy atom. The monoisotopic (exact) mass is 396 g/mol. The Bertz CT molecular complexity index is 699. The van der Waals surface area contributed by atoms with Crippen LogP contribution in [0.4, 0.5) is 19.0 Å². The van der Waals surface area contributed by atoms with Crippen LogP contribution in [0.2, 0.25) is 0 Å². The van der Waals surface area contributed by atoms with Crippen LogP contribution in [-0.2, 0) is 11.0 Å². The second-order valence-electron chi connectivity index (χ2n) is 8.21. The Kier molecular flexibility index (Phi) is 5.49. The highest BCUT2D eigenvalue weighted by atomic mass is 19.4. The largest absolute Gasteiger partial charge is 0.419 e. The molecule has 5 nitrogen and oxygen atoms in total. The molecule has 3 aliphatic rings. The third kappa shape index (κ3) is 4.42. The van der Waals surface area contributed by atoms with Crippen LogP contribution < -0.4 is 10.2 Å². The number of piperidine rings is 2. The van der Waals surface area contributed by atoms with Gasteiger partial charge in [0.05, 0.1) is 11.5 Å². The fourth-order valence-corrected chi connectivity index (χ4v) is 4.41. The first-order valence-electron chi connectivity index (χ1n) is 10.2. The van der Waals surface area contributed by atoms with Gasteiger partial charge in [-0.2, -0.15) is 13.2 Å². The summed E-state index contributed by atoms with van der Waals surface area (Å²) < 4.78 is 39.8. The standard InChI is InChI=1S/C20H27F3N4O/c21-20(22,23)17-4-1-9-24-18(17)26-11-7-16(8-12-26)27-10-2-3-14(13-27)19(28)25-15-5-6-15/h1,4,9,14-16H,2-3,5-8,10-13H2,(H,25,28). The molecule has 2 aliphatic heterocycles. The van der Waals surface area contributed by atoms with Crippen molar-refractivity contribution in [2.75, 3.05) is 31.1 Å². The van der Waals surface area contributed by atoms with Crippen molar-refractivity contribution < 1.29 is 18.0 Å². The fraction of sp³-hybridized carbons (Fsp3) is 0.700. The fourth-order valence-electron chi connectivity index (χ4n) is 4.41. The maximum atomic E-state index is 13.3. The van der Waals surface area contributed by atoms with Crippen LogP contribution in [-0.4, -0.2) is 54.1 Å². The average molecular weight is 396 g/mol. The van der Waals surface area contributed by atoms with Crippen LogP contribution >= 0.6 is 0 Å². The van der Waals surface area contributed by atoms with Gasteiger partial charge < -0.3 is 10.2 Å².